The Hall–Kier alpha value is -1.96. The second-order valence-corrected chi connectivity index (χ2v) is 6.59. The maximum atomic E-state index is 13.1. The second-order valence-electron chi connectivity index (χ2n) is 5.55. The van der Waals surface area contributed by atoms with Crippen LogP contribution in [0.1, 0.15) is 28.2 Å². The fourth-order valence-corrected chi connectivity index (χ4v) is 3.57. The van der Waals surface area contributed by atoms with E-state index >= 15 is 0 Å². The molecule has 0 aliphatic carbocycles. The van der Waals surface area contributed by atoms with Crippen LogP contribution in [0.25, 0.3) is 15.9 Å². The number of fused-ring (bicyclic) bond motifs is 1. The molecule has 2 aromatic heterocycles. The van der Waals surface area contributed by atoms with Gasteiger partial charge in [-0.3, -0.25) is 4.79 Å². The molecule has 0 saturated heterocycles. The lowest BCUT2D eigenvalue weighted by atomic mass is 10.3. The summed E-state index contributed by atoms with van der Waals surface area (Å²) in [5.41, 5.74) is 7.06. The van der Waals surface area contributed by atoms with E-state index in [0.29, 0.717) is 18.0 Å². The highest BCUT2D eigenvalue weighted by Gasteiger charge is 2.17. The molecule has 0 aliphatic heterocycles. The van der Waals surface area contributed by atoms with E-state index in [4.69, 9.17) is 5.73 Å². The van der Waals surface area contributed by atoms with Crippen molar-refractivity contribution >= 4 is 39.9 Å². The van der Waals surface area contributed by atoms with Crippen LogP contribution >= 0.6 is 23.7 Å². The van der Waals surface area contributed by atoms with Gasteiger partial charge in [-0.1, -0.05) is 0 Å². The summed E-state index contributed by atoms with van der Waals surface area (Å²) in [5.74, 6) is -0.374. The van der Waals surface area contributed by atoms with Crippen LogP contribution in [0.4, 0.5) is 4.39 Å². The first kappa shape index (κ1) is 19.4. The average Bonchev–Trinajstić information content (AvgIpc) is 3.13. The topological polar surface area (TPSA) is 72.9 Å². The summed E-state index contributed by atoms with van der Waals surface area (Å²) in [6.45, 7) is 3.15. The molecular formula is C17H20ClFN4OS. The number of carbonyl (C=O) groups excluding carboxylic acids is 1. The fourth-order valence-electron chi connectivity index (χ4n) is 2.47. The molecule has 0 spiro atoms. The van der Waals surface area contributed by atoms with Crippen LogP contribution in [-0.2, 0) is 0 Å². The third-order valence-corrected chi connectivity index (χ3v) is 4.87. The number of aryl methyl sites for hydroxylation is 1. The molecule has 3 aromatic rings. The highest BCUT2D eigenvalue weighted by molar-refractivity contribution is 7.20. The van der Waals surface area contributed by atoms with Gasteiger partial charge in [-0.15, -0.1) is 23.7 Å². The maximum absolute atomic E-state index is 13.1. The number of thiophene rings is 1. The number of nitrogens with zero attached hydrogens (tertiary/aromatic N) is 2. The molecule has 0 saturated carbocycles. The number of nitrogens with one attached hydrogen (secondary N) is 1. The van der Waals surface area contributed by atoms with Crippen LogP contribution in [0.15, 0.2) is 30.3 Å². The molecule has 2 heterocycles. The number of rotatable bonds is 6. The number of amides is 1. The number of carbonyl (C=O) groups is 1. The van der Waals surface area contributed by atoms with Gasteiger partial charge in [-0.2, -0.15) is 5.10 Å². The van der Waals surface area contributed by atoms with Crippen LogP contribution in [0, 0.1) is 12.7 Å². The molecule has 1 amide bonds. The average molecular weight is 383 g/mol. The van der Waals surface area contributed by atoms with Crippen molar-refractivity contribution in [2.45, 2.75) is 19.8 Å². The molecule has 134 valence electrons. The second kappa shape index (κ2) is 8.42. The lowest BCUT2D eigenvalue weighted by Gasteiger charge is -2.03. The standard InChI is InChI=1S/C17H19FN4OS.ClH/c1-11-14-10-15(16(23)20-9-3-2-8-19)24-17(14)22(21-11)13-6-4-12(18)5-7-13;/h4-7,10H,2-3,8-9,19H2,1H3,(H,20,23);1H. The van der Waals surface area contributed by atoms with E-state index < -0.39 is 0 Å². The van der Waals surface area contributed by atoms with Gasteiger partial charge < -0.3 is 11.1 Å². The lowest BCUT2D eigenvalue weighted by molar-refractivity contribution is 0.0957. The van der Waals surface area contributed by atoms with E-state index in [0.717, 1.165) is 34.4 Å². The van der Waals surface area contributed by atoms with Crippen LogP contribution in [-0.4, -0.2) is 28.8 Å². The van der Waals surface area contributed by atoms with E-state index in [1.54, 1.807) is 16.8 Å². The zero-order chi connectivity index (χ0) is 17.1. The minimum absolute atomic E-state index is 0. The number of hydrogen-bond acceptors (Lipinski definition) is 4. The van der Waals surface area contributed by atoms with Crippen molar-refractivity contribution in [3.8, 4) is 5.69 Å². The van der Waals surface area contributed by atoms with Crippen molar-refractivity contribution in [1.82, 2.24) is 15.1 Å². The molecule has 0 atom stereocenters. The van der Waals surface area contributed by atoms with Gasteiger partial charge in [-0.05, 0) is 56.6 Å². The highest BCUT2D eigenvalue weighted by Crippen LogP contribution is 2.30. The Kier molecular flexibility index (Phi) is 6.52. The quantitative estimate of drug-likeness (QED) is 0.641. The number of unbranched alkanes of at least 4 members (excludes halogenated alkanes) is 1. The van der Waals surface area contributed by atoms with Gasteiger partial charge in [0.1, 0.15) is 10.6 Å². The largest absolute Gasteiger partial charge is 0.351 e. The van der Waals surface area contributed by atoms with Gasteiger partial charge >= 0.3 is 0 Å². The predicted molar refractivity (Wildman–Crippen MR) is 102 cm³/mol. The van der Waals surface area contributed by atoms with Crippen molar-refractivity contribution in [2.75, 3.05) is 13.1 Å². The molecule has 1 aromatic carbocycles. The zero-order valence-corrected chi connectivity index (χ0v) is 15.4. The molecule has 0 bridgehead atoms. The number of aromatic nitrogens is 2. The maximum Gasteiger partial charge on any atom is 0.261 e. The van der Waals surface area contributed by atoms with E-state index in [1.165, 1.54) is 23.5 Å². The zero-order valence-electron chi connectivity index (χ0n) is 13.8. The van der Waals surface area contributed by atoms with Gasteiger partial charge in [0.15, 0.2) is 0 Å². The van der Waals surface area contributed by atoms with Crippen molar-refractivity contribution in [3.63, 3.8) is 0 Å². The van der Waals surface area contributed by atoms with Crippen LogP contribution < -0.4 is 11.1 Å². The van der Waals surface area contributed by atoms with E-state index in [1.807, 2.05) is 13.0 Å². The van der Waals surface area contributed by atoms with E-state index in [9.17, 15) is 9.18 Å². The Bertz CT molecular complexity index is 860. The summed E-state index contributed by atoms with van der Waals surface area (Å²) in [6.07, 6.45) is 1.76. The van der Waals surface area contributed by atoms with E-state index in [2.05, 4.69) is 10.4 Å². The summed E-state index contributed by atoms with van der Waals surface area (Å²) < 4.78 is 14.9. The molecule has 25 heavy (non-hydrogen) atoms. The third kappa shape index (κ3) is 4.18. The molecule has 3 N–H and O–H groups in total. The molecule has 0 fully saturated rings. The predicted octanol–water partition coefficient (Wildman–Crippen LogP) is 3.43. The smallest absolute Gasteiger partial charge is 0.261 e. The third-order valence-electron chi connectivity index (χ3n) is 3.76. The lowest BCUT2D eigenvalue weighted by Crippen LogP contribution is -2.24. The van der Waals surface area contributed by atoms with Crippen LogP contribution in [0.5, 0.6) is 0 Å². The number of halogens is 2. The molecule has 3 rings (SSSR count). The van der Waals surface area contributed by atoms with Gasteiger partial charge in [0.2, 0.25) is 0 Å². The fraction of sp³-hybridized carbons (Fsp3) is 0.294. The van der Waals surface area contributed by atoms with Crippen molar-refractivity contribution in [2.24, 2.45) is 5.73 Å². The molecule has 5 nitrogen and oxygen atoms in total. The normalized spacial score (nSPS) is 10.7. The number of hydrogen-bond donors (Lipinski definition) is 2. The number of benzene rings is 1. The van der Waals surface area contributed by atoms with Gasteiger partial charge in [0.05, 0.1) is 16.3 Å². The SMILES string of the molecule is Cc1nn(-c2ccc(F)cc2)c2sc(C(=O)NCCCCN)cc12.Cl. The molecular weight excluding hydrogens is 363 g/mol. The van der Waals surface area contributed by atoms with Crippen molar-refractivity contribution < 1.29 is 9.18 Å². The minimum Gasteiger partial charge on any atom is -0.351 e. The van der Waals surface area contributed by atoms with Crippen molar-refractivity contribution in [1.29, 1.82) is 0 Å². The van der Waals surface area contributed by atoms with Crippen LogP contribution in [0.2, 0.25) is 0 Å². The molecule has 0 unspecified atom stereocenters. The first-order chi connectivity index (χ1) is 11.6. The van der Waals surface area contributed by atoms with Gasteiger partial charge in [0.25, 0.3) is 5.91 Å². The summed E-state index contributed by atoms with van der Waals surface area (Å²) >= 11 is 1.39. The monoisotopic (exact) mass is 382 g/mol. The molecule has 0 aliphatic rings. The van der Waals surface area contributed by atoms with Crippen molar-refractivity contribution in [3.05, 3.63) is 46.7 Å². The van der Waals surface area contributed by atoms with Crippen LogP contribution in [0.3, 0.4) is 0 Å². The number of nitrogens with two attached hydrogens (primary N) is 1. The Morgan fingerprint density at radius 2 is 2.04 bits per heavy atom. The summed E-state index contributed by atoms with van der Waals surface area (Å²) in [4.78, 5) is 13.8. The highest BCUT2D eigenvalue weighted by atomic mass is 35.5. The van der Waals surface area contributed by atoms with Gasteiger partial charge in [-0.25, -0.2) is 9.07 Å². The Morgan fingerprint density at radius 1 is 1.32 bits per heavy atom. The Morgan fingerprint density at radius 3 is 2.72 bits per heavy atom. The Balaban J connectivity index is 0.00000225. The first-order valence-corrected chi connectivity index (χ1v) is 8.65. The van der Waals surface area contributed by atoms with Gasteiger partial charge in [0, 0.05) is 11.9 Å². The Labute approximate surface area is 155 Å². The molecule has 0 radical (unpaired) electrons. The summed E-state index contributed by atoms with van der Waals surface area (Å²) in [5, 5.41) is 8.34. The minimum atomic E-state index is -0.289. The first-order valence-electron chi connectivity index (χ1n) is 7.83. The summed E-state index contributed by atoms with van der Waals surface area (Å²) in [7, 11) is 0. The van der Waals surface area contributed by atoms with E-state index in [-0.39, 0.29) is 24.1 Å². The summed E-state index contributed by atoms with van der Waals surface area (Å²) in [6, 6.07) is 8.01. The molecule has 8 heteroatoms.